The predicted molar refractivity (Wildman–Crippen MR) is 95.8 cm³/mol. The molecule has 128 valence electrons. The van der Waals surface area contributed by atoms with Crippen molar-refractivity contribution in [1.82, 2.24) is 19.4 Å². The highest BCUT2D eigenvalue weighted by molar-refractivity contribution is 5.78. The summed E-state index contributed by atoms with van der Waals surface area (Å²) in [5.74, 6) is 0. The first-order chi connectivity index (χ1) is 11.6. The third-order valence-corrected chi connectivity index (χ3v) is 4.84. The summed E-state index contributed by atoms with van der Waals surface area (Å²) in [5, 5.41) is 0. The summed E-state index contributed by atoms with van der Waals surface area (Å²) in [7, 11) is 1.88. The zero-order chi connectivity index (χ0) is 17.1. The van der Waals surface area contributed by atoms with E-state index in [0.717, 1.165) is 43.7 Å². The molecule has 0 saturated carbocycles. The molecule has 0 atom stereocenters. The number of hydrogen-bond donors (Lipinski definition) is 1. The molecule has 0 unspecified atom stereocenters. The van der Waals surface area contributed by atoms with Gasteiger partial charge in [-0.3, -0.25) is 4.57 Å². The number of amides is 1. The van der Waals surface area contributed by atoms with Gasteiger partial charge in [-0.05, 0) is 31.5 Å². The molecule has 1 aliphatic rings. The third kappa shape index (κ3) is 3.43. The number of carbonyl (C=O) groups is 1. The number of anilines is 1. The number of aromatic nitrogens is 2. The first kappa shape index (κ1) is 16.5. The quantitative estimate of drug-likeness (QED) is 0.880. The Morgan fingerprint density at radius 2 is 2.12 bits per heavy atom. The number of hydrogen-bond acceptors (Lipinski definition) is 4. The summed E-state index contributed by atoms with van der Waals surface area (Å²) >= 11 is 0. The summed E-state index contributed by atoms with van der Waals surface area (Å²) in [5.41, 5.74) is 8.18. The largest absolute Gasteiger partial charge is 0.399 e. The average Bonchev–Trinajstić information content (AvgIpc) is 3.10. The number of nitrogen functional groups attached to an aromatic ring is 1. The van der Waals surface area contributed by atoms with Crippen molar-refractivity contribution in [3.8, 4) is 11.3 Å². The normalized spacial score (nSPS) is 16.2. The summed E-state index contributed by atoms with van der Waals surface area (Å²) in [6.07, 6.45) is 5.40. The molecule has 6 nitrogen and oxygen atoms in total. The first-order valence-electron chi connectivity index (χ1n) is 8.48. The second-order valence-electron chi connectivity index (χ2n) is 6.35. The Balaban J connectivity index is 1.69. The lowest BCUT2D eigenvalue weighted by atomic mass is 10.0. The molecule has 1 saturated heterocycles. The lowest BCUT2D eigenvalue weighted by Gasteiger charge is -2.36. The van der Waals surface area contributed by atoms with Crippen LogP contribution in [0.2, 0.25) is 0 Å². The highest BCUT2D eigenvalue weighted by Gasteiger charge is 2.25. The molecule has 2 heterocycles. The highest BCUT2D eigenvalue weighted by Crippen LogP contribution is 2.20. The molecule has 0 spiro atoms. The topological polar surface area (TPSA) is 67.4 Å². The molecule has 1 amide bonds. The number of rotatable bonds is 3. The van der Waals surface area contributed by atoms with Gasteiger partial charge in [-0.2, -0.15) is 0 Å². The highest BCUT2D eigenvalue weighted by atomic mass is 16.2. The molecule has 6 heteroatoms. The Kier molecular flexibility index (Phi) is 4.85. The maximum Gasteiger partial charge on any atom is 0.329 e. The Morgan fingerprint density at radius 1 is 1.38 bits per heavy atom. The fourth-order valence-corrected chi connectivity index (χ4v) is 3.24. The Morgan fingerprint density at radius 3 is 2.79 bits per heavy atom. The van der Waals surface area contributed by atoms with Crippen LogP contribution in [0.15, 0.2) is 36.8 Å². The van der Waals surface area contributed by atoms with Crippen LogP contribution in [0.1, 0.15) is 19.8 Å². The van der Waals surface area contributed by atoms with Gasteiger partial charge in [-0.1, -0.05) is 19.1 Å². The fraction of sp³-hybridized carbons (Fsp3) is 0.444. The van der Waals surface area contributed by atoms with Crippen LogP contribution >= 0.6 is 0 Å². The molecular formula is C18H25N5O. The number of benzene rings is 1. The smallest absolute Gasteiger partial charge is 0.329 e. The van der Waals surface area contributed by atoms with Crippen molar-refractivity contribution in [2.75, 3.05) is 32.4 Å². The standard InChI is InChI=1S/C18H25N5O/c1-3-22-9-7-16(8-10-22)21(2)18(24)23-12-17(20-13-23)14-5-4-6-15(19)11-14/h4-6,11-13,16H,3,7-10,19H2,1-2H3. The van der Waals surface area contributed by atoms with E-state index in [1.807, 2.05) is 36.2 Å². The number of likely N-dealkylation sites (tertiary alicyclic amines) is 1. The van der Waals surface area contributed by atoms with Crippen molar-refractivity contribution in [3.05, 3.63) is 36.8 Å². The maximum absolute atomic E-state index is 12.7. The van der Waals surface area contributed by atoms with Crippen molar-refractivity contribution < 1.29 is 4.79 Å². The van der Waals surface area contributed by atoms with E-state index < -0.39 is 0 Å². The molecule has 2 aromatic rings. The molecule has 0 radical (unpaired) electrons. The minimum Gasteiger partial charge on any atom is -0.399 e. The van der Waals surface area contributed by atoms with Gasteiger partial charge in [0.2, 0.25) is 0 Å². The minimum absolute atomic E-state index is 0.0346. The molecule has 0 aliphatic carbocycles. The lowest BCUT2D eigenvalue weighted by molar-refractivity contribution is 0.139. The van der Waals surface area contributed by atoms with E-state index >= 15 is 0 Å². The Hall–Kier alpha value is -2.34. The van der Waals surface area contributed by atoms with Gasteiger partial charge in [-0.25, -0.2) is 9.78 Å². The van der Waals surface area contributed by atoms with Gasteiger partial charge >= 0.3 is 6.03 Å². The fourth-order valence-electron chi connectivity index (χ4n) is 3.24. The van der Waals surface area contributed by atoms with Crippen molar-refractivity contribution in [3.63, 3.8) is 0 Å². The molecule has 1 fully saturated rings. The van der Waals surface area contributed by atoms with Gasteiger partial charge in [0.05, 0.1) is 5.69 Å². The number of piperidine rings is 1. The Labute approximate surface area is 142 Å². The summed E-state index contributed by atoms with van der Waals surface area (Å²) in [6, 6.07) is 7.78. The van der Waals surface area contributed by atoms with E-state index in [9.17, 15) is 4.79 Å². The van der Waals surface area contributed by atoms with Crippen molar-refractivity contribution in [2.24, 2.45) is 0 Å². The SMILES string of the molecule is CCN1CCC(N(C)C(=O)n2cnc(-c3cccc(N)c3)c2)CC1. The van der Waals surface area contributed by atoms with E-state index in [1.165, 1.54) is 0 Å². The molecule has 1 aromatic heterocycles. The second-order valence-corrected chi connectivity index (χ2v) is 6.35. The molecule has 2 N–H and O–H groups in total. The monoisotopic (exact) mass is 327 g/mol. The number of imidazole rings is 1. The molecule has 1 aromatic carbocycles. The van der Waals surface area contributed by atoms with Crippen LogP contribution < -0.4 is 5.73 Å². The minimum atomic E-state index is -0.0346. The van der Waals surface area contributed by atoms with Crippen LogP contribution in [0.3, 0.4) is 0 Å². The van der Waals surface area contributed by atoms with Crippen LogP contribution in [0, 0.1) is 0 Å². The second kappa shape index (κ2) is 7.05. The lowest BCUT2D eigenvalue weighted by Crippen LogP contribution is -2.46. The van der Waals surface area contributed by atoms with Crippen LogP contribution in [0.4, 0.5) is 10.5 Å². The average molecular weight is 327 g/mol. The molecular weight excluding hydrogens is 302 g/mol. The van der Waals surface area contributed by atoms with E-state index in [0.29, 0.717) is 11.7 Å². The van der Waals surface area contributed by atoms with Gasteiger partial charge in [0.15, 0.2) is 0 Å². The molecule has 24 heavy (non-hydrogen) atoms. The molecule has 0 bridgehead atoms. The Bertz CT molecular complexity index is 703. The van der Waals surface area contributed by atoms with Gasteiger partial charge in [0.25, 0.3) is 0 Å². The zero-order valence-electron chi connectivity index (χ0n) is 14.4. The molecule has 3 rings (SSSR count). The summed E-state index contributed by atoms with van der Waals surface area (Å²) in [4.78, 5) is 21.3. The van der Waals surface area contributed by atoms with Gasteiger partial charge < -0.3 is 15.5 Å². The van der Waals surface area contributed by atoms with Crippen molar-refractivity contribution in [1.29, 1.82) is 0 Å². The van der Waals surface area contributed by atoms with E-state index in [2.05, 4.69) is 16.8 Å². The van der Waals surface area contributed by atoms with Crippen molar-refractivity contribution in [2.45, 2.75) is 25.8 Å². The van der Waals surface area contributed by atoms with Crippen LogP contribution in [-0.4, -0.2) is 58.1 Å². The van der Waals surface area contributed by atoms with Crippen molar-refractivity contribution >= 4 is 11.7 Å². The predicted octanol–water partition coefficient (Wildman–Crippen LogP) is 2.52. The van der Waals surface area contributed by atoms with E-state index in [1.54, 1.807) is 17.1 Å². The number of nitrogens with zero attached hydrogens (tertiary/aromatic N) is 4. The van der Waals surface area contributed by atoms with E-state index in [-0.39, 0.29) is 6.03 Å². The molecule has 1 aliphatic heterocycles. The summed E-state index contributed by atoms with van der Waals surface area (Å²) in [6.45, 7) is 5.36. The van der Waals surface area contributed by atoms with Gasteiger partial charge in [0.1, 0.15) is 6.33 Å². The number of nitrogens with two attached hydrogens (primary N) is 1. The first-order valence-corrected chi connectivity index (χ1v) is 8.48. The number of carbonyl (C=O) groups excluding carboxylic acids is 1. The maximum atomic E-state index is 12.7. The van der Waals surface area contributed by atoms with Gasteiger partial charge in [-0.15, -0.1) is 0 Å². The van der Waals surface area contributed by atoms with Crippen LogP contribution in [0.5, 0.6) is 0 Å². The van der Waals surface area contributed by atoms with Crippen LogP contribution in [0.25, 0.3) is 11.3 Å². The van der Waals surface area contributed by atoms with Crippen LogP contribution in [-0.2, 0) is 0 Å². The summed E-state index contributed by atoms with van der Waals surface area (Å²) < 4.78 is 1.56. The zero-order valence-corrected chi connectivity index (χ0v) is 14.4. The third-order valence-electron chi connectivity index (χ3n) is 4.84. The van der Waals surface area contributed by atoms with E-state index in [4.69, 9.17) is 5.73 Å². The van der Waals surface area contributed by atoms with Gasteiger partial charge in [0, 0.05) is 43.6 Å².